The highest BCUT2D eigenvalue weighted by Gasteiger charge is 2.15. The molecule has 0 radical (unpaired) electrons. The number of ether oxygens (including phenoxy) is 2. The molecule has 0 spiro atoms. The van der Waals surface area contributed by atoms with Crippen molar-refractivity contribution in [1.82, 2.24) is 19.7 Å². The number of benzene rings is 2. The minimum Gasteiger partial charge on any atom is -0.456 e. The number of pyridine rings is 2. The summed E-state index contributed by atoms with van der Waals surface area (Å²) in [7, 11) is 1.43. The summed E-state index contributed by atoms with van der Waals surface area (Å²) in [6, 6.07) is 18.4. The number of hydrogen-bond acceptors (Lipinski definition) is 7. The lowest BCUT2D eigenvalue weighted by Gasteiger charge is -2.14. The van der Waals surface area contributed by atoms with Crippen LogP contribution in [0.2, 0.25) is 0 Å². The number of aryl methyl sites for hydroxylation is 1. The van der Waals surface area contributed by atoms with Crippen molar-refractivity contribution in [3.8, 4) is 17.2 Å². The highest BCUT2D eigenvalue weighted by atomic mass is 16.5. The van der Waals surface area contributed by atoms with Gasteiger partial charge in [0.2, 0.25) is 0 Å². The number of amides is 3. The minimum absolute atomic E-state index is 0.0980. The van der Waals surface area contributed by atoms with Crippen LogP contribution in [0.5, 0.6) is 11.5 Å². The molecule has 0 aliphatic heterocycles. The molecule has 0 bridgehead atoms. The fourth-order valence-corrected chi connectivity index (χ4v) is 3.97. The van der Waals surface area contributed by atoms with Gasteiger partial charge in [-0.1, -0.05) is 17.7 Å². The predicted octanol–water partition coefficient (Wildman–Crippen LogP) is 4.44. The number of H-pyrrole nitrogens is 1. The Morgan fingerprint density at radius 1 is 0.950 bits per heavy atom. The maximum atomic E-state index is 13.0. The second-order valence-electron chi connectivity index (χ2n) is 8.73. The Balaban J connectivity index is 1.36. The van der Waals surface area contributed by atoms with Crippen molar-refractivity contribution in [3.63, 3.8) is 0 Å². The summed E-state index contributed by atoms with van der Waals surface area (Å²) in [6.07, 6.45) is 3.11. The van der Waals surface area contributed by atoms with Crippen LogP contribution >= 0.6 is 0 Å². The minimum atomic E-state index is -0.564. The number of aromatic amines is 1. The number of aromatic nitrogens is 4. The number of nitrogens with one attached hydrogen (secondary N) is 4. The Hall–Kier alpha value is -5.49. The van der Waals surface area contributed by atoms with Gasteiger partial charge in [-0.25, -0.2) is 14.5 Å². The van der Waals surface area contributed by atoms with Crippen LogP contribution < -0.4 is 26.2 Å². The Morgan fingerprint density at radius 2 is 1.77 bits per heavy atom. The van der Waals surface area contributed by atoms with Crippen molar-refractivity contribution in [2.24, 2.45) is 0 Å². The maximum Gasteiger partial charge on any atom is 0.324 e. The van der Waals surface area contributed by atoms with Gasteiger partial charge in [-0.3, -0.25) is 25.0 Å². The van der Waals surface area contributed by atoms with Crippen LogP contribution in [0.1, 0.15) is 5.56 Å². The van der Waals surface area contributed by atoms with E-state index >= 15 is 0 Å². The molecule has 202 valence electrons. The number of hydrogen-bond donors (Lipinski definition) is 4. The van der Waals surface area contributed by atoms with Gasteiger partial charge >= 0.3 is 6.03 Å². The summed E-state index contributed by atoms with van der Waals surface area (Å²) in [6.45, 7) is 1.86. The Kier molecular flexibility index (Phi) is 7.51. The zero-order valence-corrected chi connectivity index (χ0v) is 21.6. The molecule has 12 nitrogen and oxygen atoms in total. The molecule has 40 heavy (non-hydrogen) atoms. The topological polar surface area (TPSA) is 152 Å². The smallest absolute Gasteiger partial charge is 0.324 e. The lowest BCUT2D eigenvalue weighted by atomic mass is 10.1. The molecule has 0 atom stereocenters. The van der Waals surface area contributed by atoms with E-state index in [1.54, 1.807) is 36.5 Å². The number of carbonyl (C=O) groups excluding carboxylic acids is 2. The quantitative estimate of drug-likeness (QED) is 0.227. The monoisotopic (exact) mass is 539 g/mol. The van der Waals surface area contributed by atoms with E-state index in [9.17, 15) is 14.4 Å². The first kappa shape index (κ1) is 26.1. The first-order valence-corrected chi connectivity index (χ1v) is 12.2. The summed E-state index contributed by atoms with van der Waals surface area (Å²) in [5, 5.41) is 11.5. The number of nitrogens with zero attached hydrogens (tertiary/aromatic N) is 3. The zero-order valence-electron chi connectivity index (χ0n) is 21.6. The lowest BCUT2D eigenvalue weighted by molar-refractivity contribution is -0.119. The van der Waals surface area contributed by atoms with E-state index in [-0.39, 0.29) is 23.9 Å². The third-order valence-corrected chi connectivity index (χ3v) is 5.74. The van der Waals surface area contributed by atoms with Crippen molar-refractivity contribution >= 4 is 40.2 Å². The Morgan fingerprint density at radius 3 is 2.58 bits per heavy atom. The normalized spacial score (nSPS) is 10.8. The van der Waals surface area contributed by atoms with Gasteiger partial charge in [0.25, 0.3) is 11.5 Å². The molecule has 3 amide bonds. The summed E-state index contributed by atoms with van der Waals surface area (Å²) >= 11 is 0. The fraction of sp³-hybridized carbons (Fsp3) is 0.107. The van der Waals surface area contributed by atoms with Crippen LogP contribution in [0, 0.1) is 6.92 Å². The molecule has 0 saturated heterocycles. The van der Waals surface area contributed by atoms with Gasteiger partial charge < -0.3 is 20.1 Å². The first-order valence-electron chi connectivity index (χ1n) is 12.2. The Labute approximate surface area is 228 Å². The SMILES string of the molecule is COCC(=O)Nc1cc(Oc2ccc(NC(=O)Nc3cc(=O)[nH]n3-c3ccc(C)cc3)c3ncccc23)ccn1. The Bertz CT molecular complexity index is 1740. The highest BCUT2D eigenvalue weighted by Crippen LogP contribution is 2.33. The molecule has 0 saturated carbocycles. The molecule has 0 aliphatic rings. The van der Waals surface area contributed by atoms with Crippen LogP contribution in [-0.2, 0) is 9.53 Å². The van der Waals surface area contributed by atoms with E-state index in [0.717, 1.165) is 5.56 Å². The molecular formula is C28H25N7O5. The molecule has 2 aromatic carbocycles. The van der Waals surface area contributed by atoms with Crippen molar-refractivity contribution in [1.29, 1.82) is 0 Å². The molecule has 0 unspecified atom stereocenters. The van der Waals surface area contributed by atoms with Gasteiger partial charge in [0.1, 0.15) is 29.7 Å². The van der Waals surface area contributed by atoms with Crippen molar-refractivity contribution < 1.29 is 19.1 Å². The largest absolute Gasteiger partial charge is 0.456 e. The van der Waals surface area contributed by atoms with Gasteiger partial charge in [0.15, 0.2) is 0 Å². The third kappa shape index (κ3) is 5.97. The van der Waals surface area contributed by atoms with Crippen LogP contribution in [0.3, 0.4) is 0 Å². The average Bonchev–Trinajstić information content (AvgIpc) is 3.30. The molecule has 5 aromatic rings. The molecule has 3 heterocycles. The van der Waals surface area contributed by atoms with E-state index < -0.39 is 6.03 Å². The van der Waals surface area contributed by atoms with Gasteiger partial charge in [-0.15, -0.1) is 0 Å². The average molecular weight is 540 g/mol. The van der Waals surface area contributed by atoms with Gasteiger partial charge in [-0.05, 0) is 49.4 Å². The predicted molar refractivity (Wildman–Crippen MR) is 150 cm³/mol. The van der Waals surface area contributed by atoms with Gasteiger partial charge in [-0.2, -0.15) is 0 Å². The third-order valence-electron chi connectivity index (χ3n) is 5.74. The van der Waals surface area contributed by atoms with E-state index in [4.69, 9.17) is 9.47 Å². The maximum absolute atomic E-state index is 13.0. The molecule has 4 N–H and O–H groups in total. The second kappa shape index (κ2) is 11.5. The van der Waals surface area contributed by atoms with Crippen LogP contribution in [0.25, 0.3) is 16.6 Å². The van der Waals surface area contributed by atoms with Crippen LogP contribution in [0.4, 0.5) is 22.1 Å². The number of urea groups is 1. The van der Waals surface area contributed by atoms with E-state index in [1.165, 1.54) is 24.1 Å². The summed E-state index contributed by atoms with van der Waals surface area (Å²) in [5.41, 5.74) is 2.32. The summed E-state index contributed by atoms with van der Waals surface area (Å²) in [4.78, 5) is 45.4. The number of carbonyl (C=O) groups is 2. The second-order valence-corrected chi connectivity index (χ2v) is 8.73. The van der Waals surface area contributed by atoms with Gasteiger partial charge in [0.05, 0.1) is 16.9 Å². The number of fused-ring (bicyclic) bond motifs is 1. The molecular weight excluding hydrogens is 514 g/mol. The first-order chi connectivity index (χ1) is 19.4. The number of rotatable bonds is 8. The summed E-state index contributed by atoms with van der Waals surface area (Å²) < 4.78 is 12.4. The molecule has 0 aliphatic carbocycles. The fourth-order valence-electron chi connectivity index (χ4n) is 3.97. The van der Waals surface area contributed by atoms with E-state index in [1.807, 2.05) is 37.3 Å². The molecule has 3 aromatic heterocycles. The van der Waals surface area contributed by atoms with Gasteiger partial charge in [0, 0.05) is 37.0 Å². The van der Waals surface area contributed by atoms with Crippen LogP contribution in [0.15, 0.2) is 83.9 Å². The molecule has 0 fully saturated rings. The number of anilines is 3. The standard InChI is InChI=1S/C28H25N7O5/c1-17-5-7-18(8-6-17)35-24(15-25(36)34-35)33-28(38)31-21-9-10-22(20-4-3-12-30-27(20)21)40-19-11-13-29-23(14-19)32-26(37)16-39-2/h3-15H,16H2,1-2H3,(H,34,36)(H,29,32,37)(H2,31,33,38). The van der Waals surface area contributed by atoms with E-state index in [2.05, 4.69) is 31.0 Å². The lowest BCUT2D eigenvalue weighted by Crippen LogP contribution is -2.21. The van der Waals surface area contributed by atoms with Crippen molar-refractivity contribution in [2.75, 3.05) is 29.7 Å². The highest BCUT2D eigenvalue weighted by molar-refractivity contribution is 6.06. The van der Waals surface area contributed by atoms with Crippen LogP contribution in [-0.4, -0.2) is 45.4 Å². The number of methoxy groups -OCH3 is 1. The summed E-state index contributed by atoms with van der Waals surface area (Å²) in [5.74, 6) is 1.16. The van der Waals surface area contributed by atoms with Crippen molar-refractivity contribution in [2.45, 2.75) is 6.92 Å². The molecule has 5 rings (SSSR count). The van der Waals surface area contributed by atoms with Crippen molar-refractivity contribution in [3.05, 3.63) is 95.0 Å². The van der Waals surface area contributed by atoms with E-state index in [0.29, 0.717) is 39.6 Å². The molecule has 12 heteroatoms. The zero-order chi connectivity index (χ0) is 28.1.